The molecule has 6 heteroatoms. The Hall–Kier alpha value is -1.66. The van der Waals surface area contributed by atoms with Gasteiger partial charge < -0.3 is 14.8 Å². The van der Waals surface area contributed by atoms with Crippen molar-refractivity contribution in [2.75, 3.05) is 27.4 Å². The Balaban J connectivity index is 2.37. The van der Waals surface area contributed by atoms with E-state index in [1.165, 1.54) is 0 Å². The van der Waals surface area contributed by atoms with E-state index in [2.05, 4.69) is 15.8 Å². The molecule has 1 aromatic rings. The topological polar surface area (TPSA) is 54.9 Å². The van der Waals surface area contributed by atoms with Crippen LogP contribution in [0.2, 0.25) is 0 Å². The maximum Gasteiger partial charge on any atom is 0.187 e. The zero-order valence-electron chi connectivity index (χ0n) is 10.5. The highest BCUT2D eigenvalue weighted by Gasteiger charge is 1.93. The normalized spacial score (nSPS) is 10.3. The summed E-state index contributed by atoms with van der Waals surface area (Å²) in [6.07, 6.45) is 1.67. The van der Waals surface area contributed by atoms with Crippen molar-refractivity contribution in [1.82, 2.24) is 10.7 Å². The molecule has 5 nitrogen and oxygen atoms in total. The molecule has 0 aliphatic heterocycles. The standard InChI is InChI=1S/C12H17N3O2S/c1-16-7-6-13-12(18)15-14-9-10-4-3-5-11(8-10)17-2/h3-5,8-9H,6-7H2,1-2H3,(H2,13,15,18)/b14-9-. The van der Waals surface area contributed by atoms with Gasteiger partial charge in [-0.3, -0.25) is 5.43 Å². The minimum atomic E-state index is 0.464. The molecule has 0 saturated carbocycles. The molecule has 18 heavy (non-hydrogen) atoms. The Morgan fingerprint density at radius 1 is 1.44 bits per heavy atom. The van der Waals surface area contributed by atoms with Crippen LogP contribution in [-0.2, 0) is 4.74 Å². The molecule has 0 spiro atoms. The molecular weight excluding hydrogens is 250 g/mol. The molecule has 0 saturated heterocycles. The fourth-order valence-electron chi connectivity index (χ4n) is 1.19. The second-order valence-corrected chi connectivity index (χ2v) is 3.80. The Labute approximate surface area is 112 Å². The number of thiocarbonyl (C=S) groups is 1. The molecule has 0 atom stereocenters. The van der Waals surface area contributed by atoms with Gasteiger partial charge in [0.05, 0.1) is 19.9 Å². The van der Waals surface area contributed by atoms with E-state index < -0.39 is 0 Å². The third kappa shape index (κ3) is 5.60. The van der Waals surface area contributed by atoms with Crippen LogP contribution >= 0.6 is 12.2 Å². The number of nitrogens with zero attached hydrogens (tertiary/aromatic N) is 1. The van der Waals surface area contributed by atoms with Crippen molar-refractivity contribution < 1.29 is 9.47 Å². The second kappa shape index (κ2) is 8.43. The summed E-state index contributed by atoms with van der Waals surface area (Å²) < 4.78 is 10.0. The van der Waals surface area contributed by atoms with Crippen LogP contribution in [0.15, 0.2) is 29.4 Å². The highest BCUT2D eigenvalue weighted by atomic mass is 32.1. The van der Waals surface area contributed by atoms with Gasteiger partial charge in [0.1, 0.15) is 5.75 Å². The molecular formula is C12H17N3O2S. The molecule has 0 bridgehead atoms. The van der Waals surface area contributed by atoms with Gasteiger partial charge >= 0.3 is 0 Å². The van der Waals surface area contributed by atoms with Crippen LogP contribution in [0.5, 0.6) is 5.75 Å². The SMILES string of the molecule is COCCNC(=S)N/N=C\c1cccc(OC)c1. The molecule has 2 N–H and O–H groups in total. The molecule has 0 amide bonds. The van der Waals surface area contributed by atoms with Crippen molar-refractivity contribution in [2.24, 2.45) is 5.10 Å². The molecule has 1 aromatic carbocycles. The van der Waals surface area contributed by atoms with E-state index in [4.69, 9.17) is 21.7 Å². The maximum atomic E-state index is 5.11. The van der Waals surface area contributed by atoms with Crippen molar-refractivity contribution in [3.63, 3.8) is 0 Å². The summed E-state index contributed by atoms with van der Waals surface area (Å²) in [5.41, 5.74) is 3.65. The first-order valence-corrected chi connectivity index (χ1v) is 5.87. The summed E-state index contributed by atoms with van der Waals surface area (Å²) in [7, 11) is 3.27. The maximum absolute atomic E-state index is 5.11. The molecule has 1 rings (SSSR count). The van der Waals surface area contributed by atoms with Gasteiger partial charge in [0.2, 0.25) is 0 Å². The van der Waals surface area contributed by atoms with E-state index in [1.54, 1.807) is 20.4 Å². The lowest BCUT2D eigenvalue weighted by Crippen LogP contribution is -2.34. The van der Waals surface area contributed by atoms with Gasteiger partial charge in [0.25, 0.3) is 0 Å². The fraction of sp³-hybridized carbons (Fsp3) is 0.333. The lowest BCUT2D eigenvalue weighted by Gasteiger charge is -2.05. The number of hydrogen-bond donors (Lipinski definition) is 2. The van der Waals surface area contributed by atoms with E-state index in [9.17, 15) is 0 Å². The van der Waals surface area contributed by atoms with E-state index in [0.29, 0.717) is 18.3 Å². The Bertz CT molecular complexity index is 410. The van der Waals surface area contributed by atoms with Gasteiger partial charge in [-0.15, -0.1) is 0 Å². The summed E-state index contributed by atoms with van der Waals surface area (Å²) in [6.45, 7) is 1.25. The number of methoxy groups -OCH3 is 2. The van der Waals surface area contributed by atoms with Crippen LogP contribution in [0, 0.1) is 0 Å². The summed E-state index contributed by atoms with van der Waals surface area (Å²) in [6, 6.07) is 7.58. The van der Waals surface area contributed by atoms with Gasteiger partial charge in [-0.25, -0.2) is 0 Å². The van der Waals surface area contributed by atoms with Gasteiger partial charge in [-0.05, 0) is 29.9 Å². The minimum absolute atomic E-state index is 0.464. The summed E-state index contributed by atoms with van der Waals surface area (Å²) in [4.78, 5) is 0. The monoisotopic (exact) mass is 267 g/mol. The lowest BCUT2D eigenvalue weighted by atomic mass is 10.2. The predicted molar refractivity (Wildman–Crippen MR) is 76.2 cm³/mol. The third-order valence-corrected chi connectivity index (χ3v) is 2.30. The highest BCUT2D eigenvalue weighted by Crippen LogP contribution is 2.10. The molecule has 0 unspecified atom stereocenters. The first kappa shape index (κ1) is 14.4. The number of nitrogens with one attached hydrogen (secondary N) is 2. The second-order valence-electron chi connectivity index (χ2n) is 3.40. The molecule has 0 aliphatic rings. The smallest absolute Gasteiger partial charge is 0.187 e. The average molecular weight is 267 g/mol. The summed E-state index contributed by atoms with van der Waals surface area (Å²) in [5.74, 6) is 0.791. The van der Waals surface area contributed by atoms with Crippen molar-refractivity contribution in [1.29, 1.82) is 0 Å². The van der Waals surface area contributed by atoms with E-state index in [-0.39, 0.29) is 0 Å². The fourth-order valence-corrected chi connectivity index (χ4v) is 1.35. The van der Waals surface area contributed by atoms with Gasteiger partial charge in [-0.1, -0.05) is 12.1 Å². The number of rotatable bonds is 6. The third-order valence-electron chi connectivity index (χ3n) is 2.07. The van der Waals surface area contributed by atoms with Crippen LogP contribution in [-0.4, -0.2) is 38.7 Å². The predicted octanol–water partition coefficient (Wildman–Crippen LogP) is 1.14. The minimum Gasteiger partial charge on any atom is -0.497 e. The van der Waals surface area contributed by atoms with Crippen molar-refractivity contribution in [3.05, 3.63) is 29.8 Å². The molecule has 0 heterocycles. The number of ether oxygens (including phenoxy) is 2. The lowest BCUT2D eigenvalue weighted by molar-refractivity contribution is 0.204. The quantitative estimate of drug-likeness (QED) is 0.350. The molecule has 0 aliphatic carbocycles. The summed E-state index contributed by atoms with van der Waals surface area (Å²) >= 11 is 5.02. The van der Waals surface area contributed by atoms with Crippen LogP contribution in [0.25, 0.3) is 0 Å². The van der Waals surface area contributed by atoms with Gasteiger partial charge in [0.15, 0.2) is 5.11 Å². The zero-order chi connectivity index (χ0) is 13.2. The van der Waals surface area contributed by atoms with Crippen molar-refractivity contribution in [3.8, 4) is 5.75 Å². The number of hydrazone groups is 1. The molecule has 0 radical (unpaired) electrons. The number of benzene rings is 1. The van der Waals surface area contributed by atoms with Gasteiger partial charge in [-0.2, -0.15) is 5.10 Å². The van der Waals surface area contributed by atoms with Crippen molar-refractivity contribution in [2.45, 2.75) is 0 Å². The Morgan fingerprint density at radius 2 is 2.28 bits per heavy atom. The largest absolute Gasteiger partial charge is 0.497 e. The molecule has 98 valence electrons. The molecule has 0 fully saturated rings. The average Bonchev–Trinajstić information content (AvgIpc) is 2.39. The Kier molecular flexibility index (Phi) is 6.75. The summed E-state index contributed by atoms with van der Waals surface area (Å²) in [5, 5.41) is 7.43. The molecule has 0 aromatic heterocycles. The van der Waals surface area contributed by atoms with Crippen LogP contribution < -0.4 is 15.5 Å². The van der Waals surface area contributed by atoms with E-state index in [1.807, 2.05) is 24.3 Å². The van der Waals surface area contributed by atoms with E-state index in [0.717, 1.165) is 11.3 Å². The zero-order valence-corrected chi connectivity index (χ0v) is 11.3. The van der Waals surface area contributed by atoms with Crippen LogP contribution in [0.1, 0.15) is 5.56 Å². The van der Waals surface area contributed by atoms with Crippen LogP contribution in [0.3, 0.4) is 0 Å². The highest BCUT2D eigenvalue weighted by molar-refractivity contribution is 7.80. The Morgan fingerprint density at radius 3 is 3.00 bits per heavy atom. The van der Waals surface area contributed by atoms with Crippen molar-refractivity contribution >= 4 is 23.5 Å². The first-order valence-electron chi connectivity index (χ1n) is 5.46. The number of hydrogen-bond acceptors (Lipinski definition) is 4. The van der Waals surface area contributed by atoms with E-state index >= 15 is 0 Å². The first-order chi connectivity index (χ1) is 8.76. The van der Waals surface area contributed by atoms with Crippen LogP contribution in [0.4, 0.5) is 0 Å². The van der Waals surface area contributed by atoms with Gasteiger partial charge in [0, 0.05) is 13.7 Å².